The Morgan fingerprint density at radius 2 is 1.17 bits per heavy atom. The smallest absolute Gasteiger partial charge is 0.221 e. The lowest BCUT2D eigenvalue weighted by Crippen LogP contribution is -2.33. The Hall–Kier alpha value is -2.83. The minimum absolute atomic E-state index is 0.273. The maximum atomic E-state index is 13.6. The summed E-state index contributed by atoms with van der Waals surface area (Å²) in [5.74, 6) is 1.47. The molecule has 0 bridgehead atoms. The second-order valence-corrected chi connectivity index (χ2v) is 9.32. The highest BCUT2D eigenvalue weighted by molar-refractivity contribution is 7.89. The molecule has 0 amide bonds. The van der Waals surface area contributed by atoms with Gasteiger partial charge in [-0.2, -0.15) is 4.31 Å². The van der Waals surface area contributed by atoms with E-state index < -0.39 is 15.3 Å². The molecule has 0 saturated heterocycles. The number of rotatable bonds is 9. The molecule has 0 aliphatic heterocycles. The van der Waals surface area contributed by atoms with Gasteiger partial charge in [0, 0.05) is 13.1 Å². The van der Waals surface area contributed by atoms with Gasteiger partial charge in [-0.1, -0.05) is 54.6 Å². The number of ether oxygens (including phenoxy) is 2. The monoisotopic (exact) mass is 425 g/mol. The van der Waals surface area contributed by atoms with E-state index in [4.69, 9.17) is 9.47 Å². The van der Waals surface area contributed by atoms with E-state index in [9.17, 15) is 8.42 Å². The lowest BCUT2D eigenvalue weighted by Gasteiger charge is -2.26. The van der Waals surface area contributed by atoms with E-state index >= 15 is 0 Å². The number of hydrogen-bond donors (Lipinski definition) is 0. The first-order valence-corrected chi connectivity index (χ1v) is 11.2. The maximum absolute atomic E-state index is 13.6. The summed E-state index contributed by atoms with van der Waals surface area (Å²) >= 11 is 0. The van der Waals surface area contributed by atoms with Gasteiger partial charge in [0.05, 0.1) is 19.5 Å². The Morgan fingerprint density at radius 3 is 1.57 bits per heavy atom. The third-order valence-electron chi connectivity index (χ3n) is 5.11. The number of hydrogen-bond acceptors (Lipinski definition) is 4. The van der Waals surface area contributed by atoms with Crippen molar-refractivity contribution in [1.29, 1.82) is 0 Å². The summed E-state index contributed by atoms with van der Waals surface area (Å²) in [7, 11) is -0.395. The second kappa shape index (κ2) is 9.78. The molecule has 1 atom stereocenters. The summed E-state index contributed by atoms with van der Waals surface area (Å²) in [5, 5.41) is -0.657. The topological polar surface area (TPSA) is 55.8 Å². The Balaban J connectivity index is 1.92. The van der Waals surface area contributed by atoms with Crippen LogP contribution >= 0.6 is 0 Å². The van der Waals surface area contributed by atoms with Crippen LogP contribution in [0, 0.1) is 0 Å². The van der Waals surface area contributed by atoms with E-state index in [1.54, 1.807) is 21.1 Å². The molecule has 0 fully saturated rings. The van der Waals surface area contributed by atoms with Gasteiger partial charge in [0.15, 0.2) is 0 Å². The molecule has 0 radical (unpaired) electrons. The van der Waals surface area contributed by atoms with Gasteiger partial charge in [0.2, 0.25) is 10.0 Å². The average Bonchev–Trinajstić information content (AvgIpc) is 2.79. The first-order chi connectivity index (χ1) is 14.4. The van der Waals surface area contributed by atoms with Crippen molar-refractivity contribution in [3.8, 4) is 11.5 Å². The molecule has 3 aromatic carbocycles. The van der Waals surface area contributed by atoms with Crippen LogP contribution in [-0.2, 0) is 23.1 Å². The van der Waals surface area contributed by atoms with Crippen LogP contribution in [0.25, 0.3) is 0 Å². The zero-order valence-corrected chi connectivity index (χ0v) is 18.3. The molecule has 1 unspecified atom stereocenters. The van der Waals surface area contributed by atoms with Gasteiger partial charge < -0.3 is 9.47 Å². The van der Waals surface area contributed by atoms with Crippen molar-refractivity contribution in [2.24, 2.45) is 0 Å². The SMILES string of the molecule is COc1ccc(CN(Cc2ccc(OC)cc2)S(=O)(=O)C(C)c2ccccc2)cc1. The van der Waals surface area contributed by atoms with Gasteiger partial charge in [0.25, 0.3) is 0 Å². The second-order valence-electron chi connectivity index (χ2n) is 7.06. The number of benzene rings is 3. The largest absolute Gasteiger partial charge is 0.497 e. The van der Waals surface area contributed by atoms with Crippen LogP contribution in [0.15, 0.2) is 78.9 Å². The van der Waals surface area contributed by atoms with Crippen molar-refractivity contribution in [1.82, 2.24) is 4.31 Å². The standard InChI is InChI=1S/C24H27NO4S/c1-19(22-7-5-4-6-8-22)30(26,27)25(17-20-9-13-23(28-2)14-10-20)18-21-11-15-24(29-3)16-12-21/h4-16,19H,17-18H2,1-3H3. The molecule has 3 aromatic rings. The van der Waals surface area contributed by atoms with E-state index in [1.165, 1.54) is 4.31 Å². The summed E-state index contributed by atoms with van der Waals surface area (Å²) in [6.45, 7) is 2.28. The van der Waals surface area contributed by atoms with Crippen LogP contribution in [0.5, 0.6) is 11.5 Å². The highest BCUT2D eigenvalue weighted by atomic mass is 32.2. The minimum Gasteiger partial charge on any atom is -0.497 e. The Morgan fingerprint density at radius 1 is 0.733 bits per heavy atom. The summed E-state index contributed by atoms with van der Waals surface area (Å²) in [6.07, 6.45) is 0. The molecule has 0 N–H and O–H groups in total. The number of nitrogens with zero attached hydrogens (tertiary/aromatic N) is 1. The minimum atomic E-state index is -3.61. The van der Waals surface area contributed by atoms with E-state index in [2.05, 4.69) is 0 Å². The summed E-state index contributed by atoms with van der Waals surface area (Å²) < 4.78 is 39.1. The van der Waals surface area contributed by atoms with Crippen LogP contribution in [0.4, 0.5) is 0 Å². The van der Waals surface area contributed by atoms with Crippen molar-refractivity contribution in [2.75, 3.05) is 14.2 Å². The zero-order chi connectivity index (χ0) is 21.6. The van der Waals surface area contributed by atoms with Crippen molar-refractivity contribution < 1.29 is 17.9 Å². The van der Waals surface area contributed by atoms with Gasteiger partial charge in [-0.3, -0.25) is 0 Å². The summed E-state index contributed by atoms with van der Waals surface area (Å²) in [5.41, 5.74) is 2.56. The van der Waals surface area contributed by atoms with Crippen molar-refractivity contribution >= 4 is 10.0 Å². The maximum Gasteiger partial charge on any atom is 0.221 e. The van der Waals surface area contributed by atoms with Crippen LogP contribution < -0.4 is 9.47 Å². The molecular weight excluding hydrogens is 398 g/mol. The highest BCUT2D eigenvalue weighted by Crippen LogP contribution is 2.28. The van der Waals surface area contributed by atoms with Gasteiger partial charge >= 0.3 is 0 Å². The molecule has 3 rings (SSSR count). The molecule has 0 saturated carbocycles. The Bertz CT molecular complexity index is 983. The lowest BCUT2D eigenvalue weighted by molar-refractivity contribution is 0.393. The third kappa shape index (κ3) is 5.20. The quantitative estimate of drug-likeness (QED) is 0.494. The van der Waals surface area contributed by atoms with Crippen LogP contribution in [0.2, 0.25) is 0 Å². The zero-order valence-electron chi connectivity index (χ0n) is 17.5. The molecule has 0 spiro atoms. The summed E-state index contributed by atoms with van der Waals surface area (Å²) in [6, 6.07) is 24.2. The van der Waals surface area contributed by atoms with Crippen molar-refractivity contribution in [3.05, 3.63) is 95.6 Å². The van der Waals surface area contributed by atoms with E-state index in [0.717, 1.165) is 28.2 Å². The predicted molar refractivity (Wildman–Crippen MR) is 119 cm³/mol. The molecule has 30 heavy (non-hydrogen) atoms. The first-order valence-electron chi connectivity index (χ1n) is 9.74. The molecular formula is C24H27NO4S. The van der Waals surface area contributed by atoms with Crippen molar-refractivity contribution in [2.45, 2.75) is 25.3 Å². The molecule has 0 heterocycles. The molecule has 0 aliphatic carbocycles. The van der Waals surface area contributed by atoms with Gasteiger partial charge in [-0.15, -0.1) is 0 Å². The average molecular weight is 426 g/mol. The van der Waals surface area contributed by atoms with Gasteiger partial charge in [-0.05, 0) is 47.9 Å². The Kier molecular flexibility index (Phi) is 7.13. The van der Waals surface area contributed by atoms with Crippen molar-refractivity contribution in [3.63, 3.8) is 0 Å². The Labute approximate surface area is 178 Å². The van der Waals surface area contributed by atoms with Gasteiger partial charge in [0.1, 0.15) is 11.5 Å². The fourth-order valence-electron chi connectivity index (χ4n) is 3.22. The molecule has 0 aliphatic rings. The van der Waals surface area contributed by atoms with Gasteiger partial charge in [-0.25, -0.2) is 8.42 Å². The molecule has 158 valence electrons. The number of methoxy groups -OCH3 is 2. The molecule has 0 aromatic heterocycles. The van der Waals surface area contributed by atoms with Crippen LogP contribution in [0.1, 0.15) is 28.9 Å². The molecule has 6 heteroatoms. The highest BCUT2D eigenvalue weighted by Gasteiger charge is 2.30. The third-order valence-corrected chi connectivity index (χ3v) is 7.26. The predicted octanol–water partition coefficient (Wildman–Crippen LogP) is 4.80. The fraction of sp³-hybridized carbons (Fsp3) is 0.250. The normalized spacial score (nSPS) is 12.5. The summed E-state index contributed by atoms with van der Waals surface area (Å²) in [4.78, 5) is 0. The van der Waals surface area contributed by atoms with E-state index in [-0.39, 0.29) is 13.1 Å². The van der Waals surface area contributed by atoms with Crippen LogP contribution in [0.3, 0.4) is 0 Å². The fourth-order valence-corrected chi connectivity index (χ4v) is 4.83. The molecule has 5 nitrogen and oxygen atoms in total. The first kappa shape index (κ1) is 21.9. The van der Waals surface area contributed by atoms with Crippen LogP contribution in [-0.4, -0.2) is 26.9 Å². The van der Waals surface area contributed by atoms with E-state index in [1.807, 2.05) is 78.9 Å². The lowest BCUT2D eigenvalue weighted by atomic mass is 10.2. The van der Waals surface area contributed by atoms with E-state index in [0.29, 0.717) is 0 Å². The number of sulfonamides is 1.